The van der Waals surface area contributed by atoms with Crippen molar-refractivity contribution in [3.05, 3.63) is 11.5 Å². The number of allylic oxidation sites excluding steroid dienone is 1. The largest absolute Gasteiger partial charge is 0.465 e. The molecule has 0 aromatic carbocycles. The smallest absolute Gasteiger partial charge is 0.338 e. The van der Waals surface area contributed by atoms with Crippen LogP contribution in [-0.2, 0) is 19.1 Å². The first-order valence-electron chi connectivity index (χ1n) is 11.5. The van der Waals surface area contributed by atoms with Crippen molar-refractivity contribution >= 4 is 27.0 Å². The Bertz CT molecular complexity index is 636. The molecule has 1 aliphatic carbocycles. The molecule has 2 aliphatic rings. The summed E-state index contributed by atoms with van der Waals surface area (Å²) < 4.78 is 10.9. The van der Waals surface area contributed by atoms with E-state index >= 15 is 0 Å². The number of hydrogen-bond donors (Lipinski definition) is 0. The van der Waals surface area contributed by atoms with Crippen LogP contribution >= 0.6 is 0 Å². The van der Waals surface area contributed by atoms with Crippen LogP contribution in [0.3, 0.4) is 0 Å². The Morgan fingerprint density at radius 3 is 2.00 bits per heavy atom. The van der Waals surface area contributed by atoms with Gasteiger partial charge in [-0.05, 0) is 52.2 Å². The Balaban J connectivity index is 2.55. The van der Waals surface area contributed by atoms with E-state index in [1.54, 1.807) is 13.8 Å². The quantitative estimate of drug-likeness (QED) is 0.330. The van der Waals surface area contributed by atoms with E-state index in [-0.39, 0.29) is 26.1 Å². The third-order valence-corrected chi connectivity index (χ3v) is 10.0. The molecule has 170 valence electrons. The van der Waals surface area contributed by atoms with Crippen molar-refractivity contribution in [2.75, 3.05) is 40.4 Å². The van der Waals surface area contributed by atoms with Gasteiger partial charge in [-0.15, -0.1) is 0 Å². The third kappa shape index (κ3) is 5.02. The summed E-state index contributed by atoms with van der Waals surface area (Å²) in [5.74, 6) is 1.68. The van der Waals surface area contributed by atoms with Crippen LogP contribution in [0.15, 0.2) is 11.5 Å². The maximum atomic E-state index is 13.1. The van der Waals surface area contributed by atoms with Crippen LogP contribution in [0.1, 0.15) is 40.0 Å². The highest BCUT2D eigenvalue weighted by molar-refractivity contribution is 6.77. The van der Waals surface area contributed by atoms with E-state index < -0.39 is 25.4 Å². The topological polar surface area (TPSA) is 59.1 Å². The van der Waals surface area contributed by atoms with E-state index in [9.17, 15) is 9.59 Å². The fourth-order valence-corrected chi connectivity index (χ4v) is 8.20. The number of hydrogen-bond acceptors (Lipinski definition) is 6. The molecule has 2 fully saturated rings. The van der Waals surface area contributed by atoms with Crippen molar-refractivity contribution in [2.45, 2.75) is 65.2 Å². The SMILES string of the molecule is CCOC(=O)C1(C(=O)OCC)CC(=CB2N(C)CCN2C)C(C(CC)[Si](C)(C)C)C1. The molecule has 1 aliphatic heterocycles. The van der Waals surface area contributed by atoms with E-state index in [1.807, 2.05) is 0 Å². The van der Waals surface area contributed by atoms with Crippen molar-refractivity contribution in [1.82, 2.24) is 9.62 Å². The molecule has 0 spiro atoms. The highest BCUT2D eigenvalue weighted by atomic mass is 28.3. The molecule has 2 atom stereocenters. The average Bonchev–Trinajstić information content (AvgIpc) is 3.18. The lowest BCUT2D eigenvalue weighted by Crippen LogP contribution is -2.41. The molecule has 0 radical (unpaired) electrons. The van der Waals surface area contributed by atoms with Crippen molar-refractivity contribution in [3.8, 4) is 0 Å². The molecule has 2 rings (SSSR count). The Labute approximate surface area is 184 Å². The maximum Gasteiger partial charge on any atom is 0.338 e. The number of nitrogens with zero attached hydrogens (tertiary/aromatic N) is 2. The molecule has 0 aromatic heterocycles. The van der Waals surface area contributed by atoms with Crippen LogP contribution in [0.5, 0.6) is 0 Å². The zero-order valence-corrected chi connectivity index (χ0v) is 21.3. The number of carbonyl (C=O) groups is 2. The maximum absolute atomic E-state index is 13.1. The van der Waals surface area contributed by atoms with Gasteiger partial charge in [0.15, 0.2) is 5.41 Å². The van der Waals surface area contributed by atoms with Gasteiger partial charge in [0, 0.05) is 21.2 Å². The lowest BCUT2D eigenvalue weighted by atomic mass is 9.71. The molecule has 0 N–H and O–H groups in total. The number of likely N-dealkylation sites (N-methyl/N-ethyl adjacent to an activating group) is 2. The second kappa shape index (κ2) is 10.0. The first-order valence-corrected chi connectivity index (χ1v) is 15.0. The van der Waals surface area contributed by atoms with Crippen molar-refractivity contribution in [3.63, 3.8) is 0 Å². The lowest BCUT2D eigenvalue weighted by Gasteiger charge is -2.35. The second-order valence-electron chi connectivity index (χ2n) is 10.0. The summed E-state index contributed by atoms with van der Waals surface area (Å²) in [6, 6.07) is 0. The van der Waals surface area contributed by atoms with E-state index in [0.717, 1.165) is 19.5 Å². The first-order chi connectivity index (χ1) is 14.0. The van der Waals surface area contributed by atoms with Gasteiger partial charge in [-0.25, -0.2) is 0 Å². The zero-order chi connectivity index (χ0) is 22.7. The van der Waals surface area contributed by atoms with E-state index in [0.29, 0.717) is 18.4 Å². The molecule has 1 heterocycles. The van der Waals surface area contributed by atoms with Crippen LogP contribution in [0.2, 0.25) is 25.2 Å². The second-order valence-corrected chi connectivity index (χ2v) is 15.5. The van der Waals surface area contributed by atoms with Crippen LogP contribution in [0.25, 0.3) is 0 Å². The van der Waals surface area contributed by atoms with Crippen molar-refractivity contribution in [1.29, 1.82) is 0 Å². The van der Waals surface area contributed by atoms with Gasteiger partial charge in [-0.3, -0.25) is 9.59 Å². The molecule has 6 nitrogen and oxygen atoms in total. The summed E-state index contributed by atoms with van der Waals surface area (Å²) >= 11 is 0. The van der Waals surface area contributed by atoms with Gasteiger partial charge in [-0.2, -0.15) is 0 Å². The average molecular weight is 436 g/mol. The standard InChI is InChI=1S/C22H41BN2O4Si/c1-9-19(30(6,7)8)18-15-22(20(26)28-10-2,21(27)29-11-3)14-17(18)16-23-24(4)12-13-25(23)5/h16,18-19H,9-15H2,1-8H3. The molecule has 2 unspecified atom stereocenters. The summed E-state index contributed by atoms with van der Waals surface area (Å²) in [7, 11) is 2.74. The number of rotatable bonds is 8. The van der Waals surface area contributed by atoms with Crippen LogP contribution < -0.4 is 0 Å². The molecular weight excluding hydrogens is 395 g/mol. The van der Waals surface area contributed by atoms with Gasteiger partial charge in [0.2, 0.25) is 0 Å². The van der Waals surface area contributed by atoms with Crippen LogP contribution in [0, 0.1) is 11.3 Å². The van der Waals surface area contributed by atoms with Gasteiger partial charge >= 0.3 is 18.9 Å². The number of carbonyl (C=O) groups excluding carboxylic acids is 2. The minimum Gasteiger partial charge on any atom is -0.465 e. The summed E-state index contributed by atoms with van der Waals surface area (Å²) in [6.07, 6.45) is 1.96. The van der Waals surface area contributed by atoms with Gasteiger partial charge < -0.3 is 19.1 Å². The minimum absolute atomic E-state index is 0.196. The Hall–Kier alpha value is -1.12. The fraction of sp³-hybridized carbons (Fsp3) is 0.818. The Kier molecular flexibility index (Phi) is 8.38. The Morgan fingerprint density at radius 1 is 1.10 bits per heavy atom. The van der Waals surface area contributed by atoms with Gasteiger partial charge in [0.05, 0.1) is 13.2 Å². The molecule has 0 bridgehead atoms. The number of ether oxygens (including phenoxy) is 2. The molecule has 0 amide bonds. The summed E-state index contributed by atoms with van der Waals surface area (Å²) in [4.78, 5) is 30.9. The van der Waals surface area contributed by atoms with Crippen molar-refractivity contribution in [2.24, 2.45) is 11.3 Å². The van der Waals surface area contributed by atoms with E-state index in [1.165, 1.54) is 5.57 Å². The molecule has 8 heteroatoms. The van der Waals surface area contributed by atoms with Gasteiger partial charge in [0.25, 0.3) is 0 Å². The normalized spacial score (nSPS) is 25.0. The van der Waals surface area contributed by atoms with Crippen LogP contribution in [0.4, 0.5) is 0 Å². The predicted molar refractivity (Wildman–Crippen MR) is 125 cm³/mol. The van der Waals surface area contributed by atoms with Crippen LogP contribution in [-0.4, -0.2) is 77.0 Å². The summed E-state index contributed by atoms with van der Waals surface area (Å²) in [5, 5.41) is 0. The lowest BCUT2D eigenvalue weighted by molar-refractivity contribution is -0.171. The molecule has 0 aromatic rings. The van der Waals surface area contributed by atoms with Gasteiger partial charge in [-0.1, -0.05) is 44.5 Å². The van der Waals surface area contributed by atoms with E-state index in [4.69, 9.17) is 9.47 Å². The van der Waals surface area contributed by atoms with E-state index in [2.05, 4.69) is 56.3 Å². The minimum atomic E-state index is -1.52. The highest BCUT2D eigenvalue weighted by Crippen LogP contribution is 2.54. The third-order valence-electron chi connectivity index (χ3n) is 6.99. The summed E-state index contributed by atoms with van der Waals surface area (Å²) in [5.41, 5.74) is 0.508. The predicted octanol–water partition coefficient (Wildman–Crippen LogP) is 3.46. The highest BCUT2D eigenvalue weighted by Gasteiger charge is 2.58. The molecule has 1 saturated heterocycles. The first kappa shape index (κ1) is 25.1. The van der Waals surface area contributed by atoms with Crippen molar-refractivity contribution < 1.29 is 19.1 Å². The molecule has 1 saturated carbocycles. The Morgan fingerprint density at radius 2 is 1.60 bits per heavy atom. The summed E-state index contributed by atoms with van der Waals surface area (Å²) in [6.45, 7) is 15.8. The van der Waals surface area contributed by atoms with Gasteiger partial charge in [0.1, 0.15) is 0 Å². The fourth-order valence-electron chi connectivity index (χ4n) is 5.44. The monoisotopic (exact) mass is 436 g/mol. The number of esters is 2. The molecular formula is C22H41BN2O4Si. The molecule has 30 heavy (non-hydrogen) atoms. The zero-order valence-electron chi connectivity index (χ0n) is 20.3.